The first-order chi connectivity index (χ1) is 6.63. The van der Waals surface area contributed by atoms with Crippen LogP contribution in [0.3, 0.4) is 0 Å². The maximum absolute atomic E-state index is 11.0. The number of aromatic nitrogens is 1. The lowest BCUT2D eigenvalue weighted by Gasteiger charge is -1.98. The molecule has 1 amide bonds. The molecule has 0 atom stereocenters. The molecule has 1 aromatic rings. The maximum atomic E-state index is 11.0. The van der Waals surface area contributed by atoms with Gasteiger partial charge >= 0.3 is 0 Å². The summed E-state index contributed by atoms with van der Waals surface area (Å²) in [5.41, 5.74) is 0.364. The summed E-state index contributed by atoms with van der Waals surface area (Å²) in [5, 5.41) is 4.53. The molecule has 0 aliphatic heterocycles. The number of carbonyl (C=O) groups excluding carboxylic acids is 2. The molecule has 0 saturated carbocycles. The van der Waals surface area contributed by atoms with Gasteiger partial charge < -0.3 is 4.74 Å². The summed E-state index contributed by atoms with van der Waals surface area (Å²) >= 11 is 1.21. The largest absolute Gasteiger partial charge is 0.375 e. The average molecular weight is 214 g/mol. The molecule has 0 unspecified atom stereocenters. The highest BCUT2D eigenvalue weighted by atomic mass is 32.1. The topological polar surface area (TPSA) is 68.3 Å². The zero-order valence-corrected chi connectivity index (χ0v) is 8.68. The predicted molar refractivity (Wildman–Crippen MR) is 52.6 cm³/mol. The number of nitrogens with one attached hydrogen (secondary N) is 1. The van der Waals surface area contributed by atoms with E-state index in [0.29, 0.717) is 10.8 Å². The second kappa shape index (κ2) is 4.83. The van der Waals surface area contributed by atoms with E-state index in [9.17, 15) is 9.59 Å². The van der Waals surface area contributed by atoms with Crippen LogP contribution in [0, 0.1) is 0 Å². The van der Waals surface area contributed by atoms with Crippen molar-refractivity contribution in [2.45, 2.75) is 6.92 Å². The van der Waals surface area contributed by atoms with Crippen LogP contribution >= 0.6 is 11.3 Å². The molecule has 0 spiro atoms. The molecular formula is C8H10N2O3S. The van der Waals surface area contributed by atoms with Crippen LogP contribution in [-0.2, 0) is 9.53 Å². The second-order valence-electron chi connectivity index (χ2n) is 2.58. The molecule has 0 aliphatic carbocycles. The third kappa shape index (κ3) is 2.90. The number of hydrogen-bond acceptors (Lipinski definition) is 5. The number of carbonyl (C=O) groups is 2. The van der Waals surface area contributed by atoms with Crippen LogP contribution in [0.5, 0.6) is 0 Å². The smallest absolute Gasteiger partial charge is 0.252 e. The van der Waals surface area contributed by atoms with Gasteiger partial charge in [-0.3, -0.25) is 14.9 Å². The van der Waals surface area contributed by atoms with Crippen LogP contribution in [0.1, 0.15) is 17.4 Å². The Balaban J connectivity index is 2.59. The third-order valence-electron chi connectivity index (χ3n) is 1.39. The number of ketones is 1. The van der Waals surface area contributed by atoms with E-state index in [1.165, 1.54) is 25.4 Å². The highest BCUT2D eigenvalue weighted by Crippen LogP contribution is 2.15. The Morgan fingerprint density at radius 3 is 2.86 bits per heavy atom. The lowest BCUT2D eigenvalue weighted by molar-refractivity contribution is -0.119. The fourth-order valence-electron chi connectivity index (χ4n) is 0.779. The van der Waals surface area contributed by atoms with Gasteiger partial charge in [-0.25, -0.2) is 4.98 Å². The van der Waals surface area contributed by atoms with E-state index in [2.05, 4.69) is 15.0 Å². The molecule has 14 heavy (non-hydrogen) atoms. The summed E-state index contributed by atoms with van der Waals surface area (Å²) in [6.07, 6.45) is 0. The Morgan fingerprint density at radius 1 is 1.64 bits per heavy atom. The number of amides is 1. The molecule has 5 nitrogen and oxygen atoms in total. The molecule has 0 radical (unpaired) electrons. The van der Waals surface area contributed by atoms with Crippen molar-refractivity contribution in [1.29, 1.82) is 0 Å². The lowest BCUT2D eigenvalue weighted by Crippen LogP contribution is -2.17. The van der Waals surface area contributed by atoms with Gasteiger partial charge in [-0.2, -0.15) is 0 Å². The molecule has 76 valence electrons. The molecule has 0 saturated heterocycles. The van der Waals surface area contributed by atoms with E-state index >= 15 is 0 Å². The SMILES string of the molecule is COCC(=O)Nc1nc(C(C)=O)cs1. The van der Waals surface area contributed by atoms with Gasteiger partial charge in [0.1, 0.15) is 12.3 Å². The highest BCUT2D eigenvalue weighted by molar-refractivity contribution is 7.14. The number of hydrogen-bond donors (Lipinski definition) is 1. The Bertz CT molecular complexity index is 348. The quantitative estimate of drug-likeness (QED) is 0.757. The summed E-state index contributed by atoms with van der Waals surface area (Å²) in [6.45, 7) is 1.41. The van der Waals surface area contributed by atoms with Gasteiger partial charge in [0.15, 0.2) is 10.9 Å². The van der Waals surface area contributed by atoms with Gasteiger partial charge in [0, 0.05) is 19.4 Å². The first-order valence-corrected chi connectivity index (χ1v) is 4.76. The fraction of sp³-hybridized carbons (Fsp3) is 0.375. The van der Waals surface area contributed by atoms with E-state index in [-0.39, 0.29) is 18.3 Å². The summed E-state index contributed by atoms with van der Waals surface area (Å²) < 4.78 is 4.63. The number of thiazole rings is 1. The predicted octanol–water partition coefficient (Wildman–Crippen LogP) is 0.931. The summed E-state index contributed by atoms with van der Waals surface area (Å²) in [5.74, 6) is -0.398. The van der Waals surface area contributed by atoms with Crippen molar-refractivity contribution in [3.63, 3.8) is 0 Å². The molecule has 0 fully saturated rings. The van der Waals surface area contributed by atoms with Crippen molar-refractivity contribution in [2.24, 2.45) is 0 Å². The summed E-state index contributed by atoms with van der Waals surface area (Å²) in [7, 11) is 1.43. The van der Waals surface area contributed by atoms with Crippen molar-refractivity contribution in [3.05, 3.63) is 11.1 Å². The highest BCUT2D eigenvalue weighted by Gasteiger charge is 2.08. The second-order valence-corrected chi connectivity index (χ2v) is 3.43. The van der Waals surface area contributed by atoms with Gasteiger partial charge in [-0.15, -0.1) is 11.3 Å². The Morgan fingerprint density at radius 2 is 2.36 bits per heavy atom. The van der Waals surface area contributed by atoms with Crippen molar-refractivity contribution < 1.29 is 14.3 Å². The summed E-state index contributed by atoms with van der Waals surface area (Å²) in [6, 6.07) is 0. The number of rotatable bonds is 4. The van der Waals surface area contributed by atoms with E-state index in [1.54, 1.807) is 5.38 Å². The minimum atomic E-state index is -0.281. The molecule has 0 bridgehead atoms. The standard InChI is InChI=1S/C8H10N2O3S/c1-5(11)6-4-14-8(9-6)10-7(12)3-13-2/h4H,3H2,1-2H3,(H,9,10,12). The number of nitrogens with zero attached hydrogens (tertiary/aromatic N) is 1. The van der Waals surface area contributed by atoms with Crippen molar-refractivity contribution >= 4 is 28.2 Å². The molecule has 1 N–H and O–H groups in total. The van der Waals surface area contributed by atoms with Crippen LogP contribution in [0.25, 0.3) is 0 Å². The molecule has 0 aromatic carbocycles. The summed E-state index contributed by atoms with van der Waals surface area (Å²) in [4.78, 5) is 25.8. The zero-order valence-electron chi connectivity index (χ0n) is 7.86. The first-order valence-electron chi connectivity index (χ1n) is 3.88. The minimum absolute atomic E-state index is 0.0189. The van der Waals surface area contributed by atoms with Crippen LogP contribution in [0.4, 0.5) is 5.13 Å². The van der Waals surface area contributed by atoms with Crippen molar-refractivity contribution in [1.82, 2.24) is 4.98 Å². The third-order valence-corrected chi connectivity index (χ3v) is 2.14. The van der Waals surface area contributed by atoms with E-state index in [1.807, 2.05) is 0 Å². The monoisotopic (exact) mass is 214 g/mol. The van der Waals surface area contributed by atoms with E-state index < -0.39 is 0 Å². The molecule has 1 rings (SSSR count). The fourth-order valence-corrected chi connectivity index (χ4v) is 1.55. The van der Waals surface area contributed by atoms with Crippen LogP contribution < -0.4 is 5.32 Å². The van der Waals surface area contributed by atoms with Gasteiger partial charge in [-0.05, 0) is 0 Å². The van der Waals surface area contributed by atoms with Gasteiger partial charge in [0.05, 0.1) is 0 Å². The Kier molecular flexibility index (Phi) is 3.73. The van der Waals surface area contributed by atoms with Crippen molar-refractivity contribution in [2.75, 3.05) is 19.0 Å². The number of anilines is 1. The number of Topliss-reactive ketones (excluding diaryl/α,β-unsaturated/α-hetero) is 1. The minimum Gasteiger partial charge on any atom is -0.375 e. The average Bonchev–Trinajstić information content (AvgIpc) is 2.53. The molecule has 6 heteroatoms. The lowest BCUT2D eigenvalue weighted by atomic mass is 10.4. The normalized spacial score (nSPS) is 9.86. The maximum Gasteiger partial charge on any atom is 0.252 e. The van der Waals surface area contributed by atoms with Gasteiger partial charge in [-0.1, -0.05) is 0 Å². The Hall–Kier alpha value is -1.27. The zero-order chi connectivity index (χ0) is 10.6. The first kappa shape index (κ1) is 10.8. The van der Waals surface area contributed by atoms with Crippen LogP contribution in [0.15, 0.2) is 5.38 Å². The Labute approximate surface area is 85.1 Å². The molecule has 1 heterocycles. The number of methoxy groups -OCH3 is 1. The molecule has 0 aliphatic rings. The van der Waals surface area contributed by atoms with Crippen molar-refractivity contribution in [3.8, 4) is 0 Å². The van der Waals surface area contributed by atoms with Crippen LogP contribution in [-0.4, -0.2) is 30.4 Å². The molecule has 1 aromatic heterocycles. The van der Waals surface area contributed by atoms with Crippen LogP contribution in [0.2, 0.25) is 0 Å². The van der Waals surface area contributed by atoms with Gasteiger partial charge in [0.2, 0.25) is 0 Å². The van der Waals surface area contributed by atoms with E-state index in [4.69, 9.17) is 0 Å². The van der Waals surface area contributed by atoms with Gasteiger partial charge in [0.25, 0.3) is 5.91 Å². The number of ether oxygens (including phenoxy) is 1. The van der Waals surface area contributed by atoms with E-state index in [0.717, 1.165) is 0 Å². The molecular weight excluding hydrogens is 204 g/mol.